The molecule has 4 atom stereocenters. The van der Waals surface area contributed by atoms with Crippen molar-refractivity contribution < 1.29 is 27.7 Å². The lowest BCUT2D eigenvalue weighted by molar-refractivity contribution is -0.476. The highest BCUT2D eigenvalue weighted by molar-refractivity contribution is 5.69. The molecule has 0 unspecified atom stereocenters. The normalized spacial score (nSPS) is 32.2. The SMILES string of the molecule is CCOC(=O)CCC/C=C\C[C@H]1C[C@H]2C[C@@H]([C@@H]1[NH3+])C2(C)C.[Cl-]. The number of carbonyl (C=O) groups is 1. The number of esters is 1. The molecule has 3 N–H and O–H groups in total. The fourth-order valence-corrected chi connectivity index (χ4v) is 4.31. The van der Waals surface area contributed by atoms with Gasteiger partial charge in [-0.2, -0.15) is 0 Å². The molecular weight excluding hydrogens is 298 g/mol. The third-order valence-electron chi connectivity index (χ3n) is 5.92. The minimum absolute atomic E-state index is 0. The van der Waals surface area contributed by atoms with Gasteiger partial charge < -0.3 is 22.9 Å². The van der Waals surface area contributed by atoms with Crippen LogP contribution in [0.1, 0.15) is 59.3 Å². The summed E-state index contributed by atoms with van der Waals surface area (Å²) in [5.41, 5.74) is 4.99. The van der Waals surface area contributed by atoms with E-state index < -0.39 is 0 Å². The molecule has 3 aliphatic carbocycles. The van der Waals surface area contributed by atoms with Crippen LogP contribution in [-0.2, 0) is 9.53 Å². The molecule has 0 saturated heterocycles. The van der Waals surface area contributed by atoms with E-state index in [9.17, 15) is 4.79 Å². The van der Waals surface area contributed by atoms with E-state index >= 15 is 0 Å². The smallest absolute Gasteiger partial charge is 0.305 e. The van der Waals surface area contributed by atoms with Crippen LogP contribution in [0.15, 0.2) is 12.2 Å². The van der Waals surface area contributed by atoms with Gasteiger partial charge in [-0.3, -0.25) is 4.79 Å². The molecule has 0 heterocycles. The van der Waals surface area contributed by atoms with Crippen LogP contribution in [-0.4, -0.2) is 18.6 Å². The second-order valence-corrected chi connectivity index (χ2v) is 7.42. The number of fused-ring (bicyclic) bond motifs is 2. The molecule has 0 aromatic rings. The monoisotopic (exact) mass is 329 g/mol. The maximum atomic E-state index is 11.2. The van der Waals surface area contributed by atoms with Crippen LogP contribution in [0.3, 0.4) is 0 Å². The number of hydrogen-bond acceptors (Lipinski definition) is 2. The number of carbonyl (C=O) groups excluding carboxylic acids is 1. The van der Waals surface area contributed by atoms with E-state index in [2.05, 4.69) is 31.7 Å². The lowest BCUT2D eigenvalue weighted by atomic mass is 9.45. The average molecular weight is 330 g/mol. The molecule has 0 spiro atoms. The molecule has 0 amide bonds. The van der Waals surface area contributed by atoms with Crippen molar-refractivity contribution >= 4 is 5.97 Å². The number of hydrogen-bond donors (Lipinski definition) is 1. The molecule has 128 valence electrons. The minimum atomic E-state index is -0.0710. The van der Waals surface area contributed by atoms with Crippen LogP contribution in [0.5, 0.6) is 0 Å². The van der Waals surface area contributed by atoms with E-state index in [1.54, 1.807) is 0 Å². The van der Waals surface area contributed by atoms with Crippen LogP contribution < -0.4 is 18.1 Å². The van der Waals surface area contributed by atoms with E-state index in [4.69, 9.17) is 4.74 Å². The van der Waals surface area contributed by atoms with E-state index in [0.717, 1.165) is 37.0 Å². The molecule has 0 radical (unpaired) electrons. The van der Waals surface area contributed by atoms with Crippen molar-refractivity contribution in [3.63, 3.8) is 0 Å². The maximum absolute atomic E-state index is 11.2. The van der Waals surface area contributed by atoms with Gasteiger partial charge in [-0.15, -0.1) is 0 Å². The van der Waals surface area contributed by atoms with Gasteiger partial charge in [0.05, 0.1) is 12.6 Å². The van der Waals surface area contributed by atoms with Crippen LogP contribution in [0, 0.1) is 23.2 Å². The zero-order chi connectivity index (χ0) is 15.5. The molecular formula is C18H32ClNO2. The number of allylic oxidation sites excluding steroid dienone is 2. The summed E-state index contributed by atoms with van der Waals surface area (Å²) in [4.78, 5) is 11.2. The molecule has 3 nitrogen and oxygen atoms in total. The summed E-state index contributed by atoms with van der Waals surface area (Å²) in [7, 11) is 0. The first-order valence-corrected chi connectivity index (χ1v) is 8.60. The van der Waals surface area contributed by atoms with Gasteiger partial charge in [0.2, 0.25) is 0 Å². The number of rotatable bonds is 7. The Morgan fingerprint density at radius 1 is 1.32 bits per heavy atom. The quantitative estimate of drug-likeness (QED) is 0.405. The summed E-state index contributed by atoms with van der Waals surface area (Å²) in [6, 6.07) is 0.620. The van der Waals surface area contributed by atoms with Crippen LogP contribution in [0.25, 0.3) is 0 Å². The zero-order valence-corrected chi connectivity index (χ0v) is 15.1. The van der Waals surface area contributed by atoms with Crippen molar-refractivity contribution in [1.29, 1.82) is 0 Å². The Kier molecular flexibility index (Phi) is 7.40. The molecule has 3 fully saturated rings. The standard InChI is InChI=1S/C18H31NO2.ClH/c1-4-21-16(20)10-8-6-5-7-9-13-11-14-12-15(17(13)19)18(14,2)3;/h5,7,13-15,17H,4,6,8-12,19H2,1-3H3;1H/b7-5-;/t13-,14-,15-,17+;/m0./s1. The summed E-state index contributed by atoms with van der Waals surface area (Å²) >= 11 is 0. The molecule has 3 rings (SSSR count). The Balaban J connectivity index is 0.00000242. The van der Waals surface area contributed by atoms with Gasteiger partial charge in [-0.25, -0.2) is 0 Å². The topological polar surface area (TPSA) is 53.9 Å². The summed E-state index contributed by atoms with van der Waals surface area (Å²) in [5, 5.41) is 0. The fraction of sp³-hybridized carbons (Fsp3) is 0.833. The molecule has 4 heteroatoms. The van der Waals surface area contributed by atoms with Gasteiger partial charge in [-0.1, -0.05) is 26.0 Å². The average Bonchev–Trinajstić information content (AvgIpc) is 2.43. The van der Waals surface area contributed by atoms with Gasteiger partial charge in [0.1, 0.15) is 0 Å². The summed E-state index contributed by atoms with van der Waals surface area (Å²) in [6.07, 6.45) is 10.9. The molecule has 0 aromatic carbocycles. The first-order chi connectivity index (χ1) is 9.96. The van der Waals surface area contributed by atoms with Gasteiger partial charge in [0.25, 0.3) is 0 Å². The zero-order valence-electron chi connectivity index (χ0n) is 14.3. The Morgan fingerprint density at radius 2 is 2.05 bits per heavy atom. The van der Waals surface area contributed by atoms with Gasteiger partial charge in [0.15, 0.2) is 0 Å². The Hall–Kier alpha value is -0.540. The predicted molar refractivity (Wildman–Crippen MR) is 84.4 cm³/mol. The Morgan fingerprint density at radius 3 is 2.64 bits per heavy atom. The molecule has 2 bridgehead atoms. The second kappa shape index (κ2) is 8.35. The van der Waals surface area contributed by atoms with E-state index in [1.165, 1.54) is 12.8 Å². The molecule has 0 aliphatic heterocycles. The van der Waals surface area contributed by atoms with Crippen LogP contribution >= 0.6 is 0 Å². The van der Waals surface area contributed by atoms with Crippen molar-refractivity contribution in [2.75, 3.05) is 6.61 Å². The number of halogens is 1. The predicted octanol–water partition coefficient (Wildman–Crippen LogP) is -0.0372. The number of ether oxygens (including phenoxy) is 1. The van der Waals surface area contributed by atoms with Crippen molar-refractivity contribution in [2.24, 2.45) is 23.2 Å². The first-order valence-electron chi connectivity index (χ1n) is 8.60. The van der Waals surface area contributed by atoms with Crippen molar-refractivity contribution in [3.05, 3.63) is 12.2 Å². The third kappa shape index (κ3) is 4.26. The molecule has 3 aliphatic rings. The highest BCUT2D eigenvalue weighted by Gasteiger charge is 2.58. The van der Waals surface area contributed by atoms with E-state index in [1.807, 2.05) is 6.92 Å². The Bertz CT molecular complexity index is 395. The molecule has 22 heavy (non-hydrogen) atoms. The molecule has 3 saturated carbocycles. The summed E-state index contributed by atoms with van der Waals surface area (Å²) in [6.45, 7) is 7.18. The first kappa shape index (κ1) is 19.5. The number of quaternary nitrogens is 1. The largest absolute Gasteiger partial charge is 1.00 e. The van der Waals surface area contributed by atoms with Crippen molar-refractivity contribution in [2.45, 2.75) is 65.3 Å². The van der Waals surface area contributed by atoms with Gasteiger partial charge >= 0.3 is 5.97 Å². The number of unbranched alkanes of at least 4 members (excludes halogenated alkanes) is 1. The van der Waals surface area contributed by atoms with Gasteiger partial charge in [-0.05, 0) is 50.4 Å². The molecule has 0 aromatic heterocycles. The van der Waals surface area contributed by atoms with Crippen LogP contribution in [0.2, 0.25) is 0 Å². The van der Waals surface area contributed by atoms with Crippen molar-refractivity contribution in [1.82, 2.24) is 0 Å². The van der Waals surface area contributed by atoms with Crippen molar-refractivity contribution in [3.8, 4) is 0 Å². The lowest BCUT2D eigenvalue weighted by Crippen LogP contribution is -3.00. The van der Waals surface area contributed by atoms with Gasteiger partial charge in [0, 0.05) is 18.3 Å². The maximum Gasteiger partial charge on any atom is 0.305 e. The lowest BCUT2D eigenvalue weighted by Gasteiger charge is -2.60. The Labute approximate surface area is 141 Å². The highest BCUT2D eigenvalue weighted by atomic mass is 35.5. The fourth-order valence-electron chi connectivity index (χ4n) is 4.31. The van der Waals surface area contributed by atoms with E-state index in [0.29, 0.717) is 24.5 Å². The summed E-state index contributed by atoms with van der Waals surface area (Å²) in [5.74, 6) is 2.45. The third-order valence-corrected chi connectivity index (χ3v) is 5.92. The highest BCUT2D eigenvalue weighted by Crippen LogP contribution is 2.60. The van der Waals surface area contributed by atoms with E-state index in [-0.39, 0.29) is 18.4 Å². The second-order valence-electron chi connectivity index (χ2n) is 7.42. The summed E-state index contributed by atoms with van der Waals surface area (Å²) < 4.78 is 4.92. The minimum Gasteiger partial charge on any atom is -1.00 e. The van der Waals surface area contributed by atoms with Crippen LogP contribution in [0.4, 0.5) is 0 Å².